The summed E-state index contributed by atoms with van der Waals surface area (Å²) in [6, 6.07) is 0. The number of amides is 3. The van der Waals surface area contributed by atoms with Crippen LogP contribution in [0.5, 0.6) is 0 Å². The van der Waals surface area contributed by atoms with Crippen molar-refractivity contribution in [3.05, 3.63) is 63.8 Å². The van der Waals surface area contributed by atoms with Crippen molar-refractivity contribution in [3.8, 4) is 0 Å². The Bertz CT molecular complexity index is 1680. The topological polar surface area (TPSA) is 434 Å². The minimum atomic E-state index is -1.08. The van der Waals surface area contributed by atoms with Crippen LogP contribution in [-0.4, -0.2) is 237 Å². The van der Waals surface area contributed by atoms with Crippen LogP contribution in [0.2, 0.25) is 0 Å². The maximum absolute atomic E-state index is 12.6. The van der Waals surface area contributed by atoms with Crippen LogP contribution in [0, 0.1) is 0 Å². The van der Waals surface area contributed by atoms with Gasteiger partial charge in [0.15, 0.2) is 0 Å². The zero-order chi connectivity index (χ0) is 56.9. The molecule has 79 heavy (non-hydrogen) atoms. The van der Waals surface area contributed by atoms with E-state index in [9.17, 15) is 28.8 Å². The monoisotopic (exact) mass is 1280 g/mol. The van der Waals surface area contributed by atoms with E-state index in [-0.39, 0.29) is 102 Å². The van der Waals surface area contributed by atoms with Crippen LogP contribution in [0.3, 0.4) is 0 Å². The van der Waals surface area contributed by atoms with Gasteiger partial charge in [-0.3, -0.25) is 28.8 Å². The first kappa shape index (κ1) is 76.8. The number of halogens is 2. The van der Waals surface area contributed by atoms with Gasteiger partial charge in [-0.05, 0) is 41.9 Å². The summed E-state index contributed by atoms with van der Waals surface area (Å²) in [6.07, 6.45) is 0.832. The summed E-state index contributed by atoms with van der Waals surface area (Å²) < 4.78 is 4.47. The van der Waals surface area contributed by atoms with Gasteiger partial charge in [0.25, 0.3) is 0 Å². The van der Waals surface area contributed by atoms with Gasteiger partial charge in [-0.1, -0.05) is 0 Å². The molecule has 0 atom stereocenters. The van der Waals surface area contributed by atoms with Gasteiger partial charge in [-0.15, -0.1) is 78.5 Å². The second kappa shape index (κ2) is 43.4. The number of carbonyl (C=O) groups is 6. The summed E-state index contributed by atoms with van der Waals surface area (Å²) in [6.45, 7) is 17.0. The van der Waals surface area contributed by atoms with Crippen molar-refractivity contribution in [3.63, 3.8) is 0 Å². The summed E-state index contributed by atoms with van der Waals surface area (Å²) >= 11 is 0. The van der Waals surface area contributed by atoms with E-state index in [1.807, 2.05) is 6.92 Å². The van der Waals surface area contributed by atoms with Crippen molar-refractivity contribution < 1.29 is 109 Å². The number of esters is 1. The summed E-state index contributed by atoms with van der Waals surface area (Å²) in [4.78, 5) is 85.5. The minimum absolute atomic E-state index is 0. The van der Waals surface area contributed by atoms with Gasteiger partial charge in [-0.25, -0.2) is 0 Å². The number of aliphatic carboxylic acids is 2. The van der Waals surface area contributed by atoms with E-state index in [1.54, 1.807) is 0 Å². The van der Waals surface area contributed by atoms with E-state index >= 15 is 0 Å². The number of rotatable bonds is 12. The van der Waals surface area contributed by atoms with Crippen LogP contribution in [-0.2, 0) is 87.2 Å². The third-order valence-corrected chi connectivity index (χ3v) is 11.3. The van der Waals surface area contributed by atoms with Gasteiger partial charge >= 0.3 is 23.9 Å². The molecule has 0 aromatic rings. The first-order valence-corrected chi connectivity index (χ1v) is 26.7. The molecule has 4 bridgehead atoms. The predicted molar refractivity (Wildman–Crippen MR) is 308 cm³/mol. The Labute approximate surface area is 507 Å². The van der Waals surface area contributed by atoms with Crippen molar-refractivity contribution in [2.45, 2.75) is 101 Å². The molecule has 8 saturated heterocycles. The van der Waals surface area contributed by atoms with Gasteiger partial charge < -0.3 is 100 Å². The molecule has 8 rings (SSSR count). The van der Waals surface area contributed by atoms with E-state index < -0.39 is 46.0 Å². The minimum Gasteiger partial charge on any atom is -0.662 e. The summed E-state index contributed by atoms with van der Waals surface area (Å²) in [7, 11) is 8.22. The molecule has 0 saturated carbocycles. The average molecular weight is 1280 g/mol. The summed E-state index contributed by atoms with van der Waals surface area (Å²) in [5.74, 6) is -3.88. The number of nitrogens with zero attached hydrogens (tertiary/aromatic N) is 12. The van der Waals surface area contributed by atoms with E-state index in [1.165, 1.54) is 20.8 Å². The Kier molecular flexibility index (Phi) is 42.2. The van der Waals surface area contributed by atoms with Crippen LogP contribution in [0.15, 0.2) is 0 Å². The van der Waals surface area contributed by atoms with E-state index in [2.05, 4.69) is 126 Å². The van der Waals surface area contributed by atoms with Crippen LogP contribution in [0.1, 0.15) is 77.6 Å². The number of hydrogen-bond acceptors (Lipinski definition) is 12. The smallest absolute Gasteiger partial charge is 0.380 e. The van der Waals surface area contributed by atoms with Crippen molar-refractivity contribution in [1.82, 2.24) is 16.0 Å². The van der Waals surface area contributed by atoms with E-state index in [4.69, 9.17) is 15.9 Å². The van der Waals surface area contributed by atoms with E-state index in [0.717, 1.165) is 0 Å². The summed E-state index contributed by atoms with van der Waals surface area (Å²) in [5, 5.41) is 81.9. The number of nitrogens with one attached hydrogen (secondary N) is 3. The number of carboxylic acid groups (broad SMARTS) is 2. The van der Waals surface area contributed by atoms with Crippen LogP contribution in [0.4, 0.5) is 0 Å². The van der Waals surface area contributed by atoms with Gasteiger partial charge in [-0.2, -0.15) is 98.1 Å². The SMILES string of the molecule is CC(=O)NC12C[N-]CC[N-]CC(NC(=O)CCCC(=O)O)(C[N-]CC[N-]C1)C[N-]CC[N-]C2.CC(=O)OC1(C)OO1.CC1OO1.ClCl.NC12C[N-]CC[N-]CC(NC(=O)CCCC(=O)O)(C[N-]CC[N-]C1)C[N-]CC[N-]C2.[Cu].[Cu].[HH].[HH].[HH].[HH].[HH].[HH].[HH].[HH]. The number of carbonyl (C=O) groups excluding carboxylic acids is 4. The molecular weight excluding hydrogens is 1180 g/mol. The molecule has 0 aromatic carbocycles. The second-order valence-corrected chi connectivity index (χ2v) is 19.1. The quantitative estimate of drug-likeness (QED) is 0.0555. The number of nitrogens with two attached hydrogens (primary N) is 1. The number of fused-ring (bicyclic) bond motifs is 30. The zero-order valence-corrected chi connectivity index (χ0v) is 48.9. The first-order valence-electron chi connectivity index (χ1n) is 25.5. The molecule has 0 unspecified atom stereocenters. The molecule has 8 fully saturated rings. The molecule has 33 heteroatoms. The molecule has 8 aliphatic heterocycles. The predicted octanol–water partition coefficient (Wildman–Crippen LogP) is 6.13. The average Bonchev–Trinajstić information content (AvgIpc) is 4.31. The Hall–Kier alpha value is -2.24. The van der Waals surface area contributed by atoms with Crippen LogP contribution in [0.25, 0.3) is 63.8 Å². The molecule has 0 aromatic heterocycles. The Morgan fingerprint density at radius 3 is 0.937 bits per heavy atom. The fraction of sp³-hybridized carbons (Fsp3) is 0.870. The van der Waals surface area contributed by atoms with Crippen molar-refractivity contribution in [2.24, 2.45) is 5.73 Å². The van der Waals surface area contributed by atoms with Crippen molar-refractivity contribution in [2.75, 3.05) is 157 Å². The van der Waals surface area contributed by atoms with Crippen LogP contribution < -0.4 is 21.7 Å². The van der Waals surface area contributed by atoms with Gasteiger partial charge in [0.1, 0.15) is 0 Å². The second-order valence-electron chi connectivity index (χ2n) is 19.1. The number of ether oxygens (including phenoxy) is 1. The first-order chi connectivity index (χ1) is 36.8. The number of hydrogen-bond donors (Lipinski definition) is 6. The molecule has 8 aliphatic rings. The van der Waals surface area contributed by atoms with Gasteiger partial charge in [0.05, 0.1) is 0 Å². The van der Waals surface area contributed by atoms with Gasteiger partial charge in [0.2, 0.25) is 24.0 Å². The normalized spacial score (nSPS) is 26.9. The maximum atomic E-state index is 12.6. The van der Waals surface area contributed by atoms with E-state index in [0.29, 0.717) is 163 Å². The van der Waals surface area contributed by atoms with Crippen molar-refractivity contribution in [1.29, 1.82) is 0 Å². The molecule has 3 amide bonds. The molecular formula is C46H96Cl2Cu2N16O13-12. The molecule has 486 valence electrons. The maximum Gasteiger partial charge on any atom is 0.380 e. The molecule has 29 nitrogen and oxygen atoms in total. The Balaban J connectivity index is -0.000000149. The number of carboxylic acids is 2. The fourth-order valence-electron chi connectivity index (χ4n) is 7.65. The van der Waals surface area contributed by atoms with Gasteiger partial charge in [0, 0.05) is 114 Å². The standard InChI is InChI=1S/C21H36N8O4.C19H34N8O3.C4H6O4.C2H4O2.Cl2.2Cu.8H2/c1-17(30)28-20-11-22-5-8-25-14-21(15-26-9-6-23-12-20,16-27-10-7-24-13-20)29-18(31)3-2-4-19(32)33;20-18-10-21-4-7-24-13-19(14-25-8-5-22-11-18,15-26-9-6-23-12-18)27-16(28)2-1-3-17(29)30;1-3(5)6-4(2)7-8-4;1-2-3-4-2;1-2;;;;;;;;;;/h2-16H2,1H3,(H,28,30)(H,29,31)(H,32,33);1-15,20H2,(H,27,28)(H,29,30);1-2H3;2H,1H3;;;;8*1H/q2*-6;;;;;;;;;;;;;. The largest absolute Gasteiger partial charge is 0.662 e. The molecule has 7 N–H and O–H groups in total. The summed E-state index contributed by atoms with van der Waals surface area (Å²) in [5.41, 5.74) is 3.79. The molecule has 2 radical (unpaired) electrons. The third-order valence-electron chi connectivity index (χ3n) is 11.3. The zero-order valence-electron chi connectivity index (χ0n) is 45.5. The van der Waals surface area contributed by atoms with Crippen LogP contribution >= 0.6 is 21.7 Å². The fourth-order valence-corrected chi connectivity index (χ4v) is 7.65. The Morgan fingerprint density at radius 1 is 0.506 bits per heavy atom. The third kappa shape index (κ3) is 38.3. The Morgan fingerprint density at radius 2 is 0.747 bits per heavy atom. The molecule has 8 heterocycles. The molecule has 0 spiro atoms. The van der Waals surface area contributed by atoms with Crippen molar-refractivity contribution >= 4 is 57.3 Å². The molecule has 0 aliphatic carbocycles.